The molecule has 2 N–H and O–H groups in total. The Balaban J connectivity index is 0.00000312. The molecule has 2 saturated heterocycles. The monoisotopic (exact) mass is 526 g/mol. The van der Waals surface area contributed by atoms with E-state index in [2.05, 4.69) is 15.6 Å². The van der Waals surface area contributed by atoms with Gasteiger partial charge in [0.1, 0.15) is 0 Å². The lowest BCUT2D eigenvalue weighted by molar-refractivity contribution is 0.444. The zero-order valence-electron chi connectivity index (χ0n) is 14.3. The summed E-state index contributed by atoms with van der Waals surface area (Å²) >= 11 is 1.76. The average molecular weight is 526 g/mol. The van der Waals surface area contributed by atoms with Gasteiger partial charge in [0.05, 0.1) is 23.8 Å². The van der Waals surface area contributed by atoms with Crippen molar-refractivity contribution in [3.63, 3.8) is 0 Å². The third-order valence-electron chi connectivity index (χ3n) is 3.90. The molecule has 0 bridgehead atoms. The van der Waals surface area contributed by atoms with Crippen molar-refractivity contribution < 1.29 is 16.8 Å². The molecule has 1 atom stereocenters. The smallest absolute Gasteiger partial charge is 0.215 e. The summed E-state index contributed by atoms with van der Waals surface area (Å²) in [6, 6.07) is -0.163. The minimum atomic E-state index is -3.28. The Kier molecular flexibility index (Phi) is 9.78. The van der Waals surface area contributed by atoms with E-state index in [1.165, 1.54) is 4.31 Å². The van der Waals surface area contributed by atoms with Crippen molar-refractivity contribution in [3.05, 3.63) is 0 Å². The van der Waals surface area contributed by atoms with Crippen LogP contribution < -0.4 is 10.6 Å². The van der Waals surface area contributed by atoms with Crippen LogP contribution in [0.4, 0.5) is 0 Å². The Morgan fingerprint density at radius 3 is 2.56 bits per heavy atom. The molecular formula is C13H27IN4O4S3. The van der Waals surface area contributed by atoms with Crippen LogP contribution in [-0.4, -0.2) is 88.1 Å². The molecule has 0 aromatic heterocycles. The number of thioether (sulfide) groups is 1. The van der Waals surface area contributed by atoms with Gasteiger partial charge in [-0.15, -0.1) is 24.0 Å². The van der Waals surface area contributed by atoms with Crippen molar-refractivity contribution in [2.75, 3.05) is 54.9 Å². The van der Waals surface area contributed by atoms with Crippen LogP contribution >= 0.6 is 35.7 Å². The summed E-state index contributed by atoms with van der Waals surface area (Å²) in [6.45, 7) is 3.82. The second-order valence-electron chi connectivity index (χ2n) is 5.83. The van der Waals surface area contributed by atoms with Crippen molar-refractivity contribution in [1.82, 2.24) is 14.9 Å². The molecular weight excluding hydrogens is 499 g/mol. The molecule has 1 unspecified atom stereocenters. The van der Waals surface area contributed by atoms with Gasteiger partial charge in [-0.3, -0.25) is 4.99 Å². The van der Waals surface area contributed by atoms with Crippen LogP contribution in [0.3, 0.4) is 0 Å². The molecule has 2 fully saturated rings. The Morgan fingerprint density at radius 2 is 2.00 bits per heavy atom. The van der Waals surface area contributed by atoms with Gasteiger partial charge in [-0.1, -0.05) is 0 Å². The summed E-state index contributed by atoms with van der Waals surface area (Å²) in [6.07, 6.45) is 0.552. The van der Waals surface area contributed by atoms with Gasteiger partial charge in [0.15, 0.2) is 15.8 Å². The standard InChI is InChI=1S/C13H26N4O4S3.HI/c1-2-14-13(16-12-3-9-23(18,19)11-12)15-4-10-24(20,21)17-5-7-22-8-6-17;/h12H,2-11H2,1H3,(H2,14,15,16);1H. The number of nitrogens with zero attached hydrogens (tertiary/aromatic N) is 2. The van der Waals surface area contributed by atoms with Gasteiger partial charge in [-0.25, -0.2) is 21.1 Å². The normalized spacial score (nSPS) is 24.5. The van der Waals surface area contributed by atoms with Crippen molar-refractivity contribution in [3.8, 4) is 0 Å². The lowest BCUT2D eigenvalue weighted by atomic mass is 10.3. The molecule has 0 radical (unpaired) electrons. The average Bonchev–Trinajstić information content (AvgIpc) is 2.87. The van der Waals surface area contributed by atoms with Crippen LogP contribution in [0.5, 0.6) is 0 Å². The van der Waals surface area contributed by atoms with E-state index in [1.54, 1.807) is 11.8 Å². The predicted molar refractivity (Wildman–Crippen MR) is 114 cm³/mol. The first-order valence-electron chi connectivity index (χ1n) is 8.13. The SMILES string of the molecule is CCNC(=NCCS(=O)(=O)N1CCSCC1)NC1CCS(=O)(=O)C1.I. The highest BCUT2D eigenvalue weighted by molar-refractivity contribution is 14.0. The molecule has 0 aromatic carbocycles. The van der Waals surface area contributed by atoms with Gasteiger partial charge in [-0.2, -0.15) is 11.8 Å². The number of halogens is 1. The van der Waals surface area contributed by atoms with Crippen LogP contribution in [0.1, 0.15) is 13.3 Å². The minimum absolute atomic E-state index is 0. The zero-order valence-corrected chi connectivity index (χ0v) is 19.1. The van der Waals surface area contributed by atoms with Gasteiger partial charge in [0, 0.05) is 37.2 Å². The maximum Gasteiger partial charge on any atom is 0.215 e. The van der Waals surface area contributed by atoms with Crippen molar-refractivity contribution >= 4 is 61.6 Å². The van der Waals surface area contributed by atoms with Crippen LogP contribution in [0, 0.1) is 0 Å². The molecule has 25 heavy (non-hydrogen) atoms. The number of sulfonamides is 1. The van der Waals surface area contributed by atoms with Crippen LogP contribution in [0.25, 0.3) is 0 Å². The Hall–Kier alpha value is 0.210. The highest BCUT2D eigenvalue weighted by Gasteiger charge is 2.28. The maximum absolute atomic E-state index is 12.3. The second kappa shape index (κ2) is 10.5. The largest absolute Gasteiger partial charge is 0.357 e. The molecule has 0 aliphatic carbocycles. The molecule has 0 saturated carbocycles. The first-order valence-corrected chi connectivity index (χ1v) is 12.7. The number of hydrogen-bond acceptors (Lipinski definition) is 6. The fourth-order valence-corrected chi connectivity index (χ4v) is 6.78. The third-order valence-corrected chi connectivity index (χ3v) is 8.46. The second-order valence-corrected chi connectivity index (χ2v) is 11.4. The lowest BCUT2D eigenvalue weighted by Gasteiger charge is -2.25. The van der Waals surface area contributed by atoms with Gasteiger partial charge < -0.3 is 10.6 Å². The fourth-order valence-electron chi connectivity index (χ4n) is 2.65. The molecule has 0 spiro atoms. The quantitative estimate of drug-likeness (QED) is 0.279. The number of sulfone groups is 1. The van der Waals surface area contributed by atoms with Crippen LogP contribution in [-0.2, 0) is 19.9 Å². The number of hydrogen-bond donors (Lipinski definition) is 2. The van der Waals surface area contributed by atoms with E-state index in [4.69, 9.17) is 0 Å². The molecule has 12 heteroatoms. The highest BCUT2D eigenvalue weighted by Crippen LogP contribution is 2.13. The summed E-state index contributed by atoms with van der Waals surface area (Å²) in [7, 11) is -6.24. The van der Waals surface area contributed by atoms with Crippen molar-refractivity contribution in [2.45, 2.75) is 19.4 Å². The van der Waals surface area contributed by atoms with E-state index in [0.29, 0.717) is 32.0 Å². The first kappa shape index (κ1) is 23.2. The number of aliphatic imine (C=N–C) groups is 1. The Labute approximate surface area is 172 Å². The molecule has 0 amide bonds. The number of nitrogens with one attached hydrogen (secondary N) is 2. The van der Waals surface area contributed by atoms with E-state index in [0.717, 1.165) is 11.5 Å². The number of guanidine groups is 1. The topological polar surface area (TPSA) is 108 Å². The Bertz CT molecular complexity index is 648. The maximum atomic E-state index is 12.3. The summed E-state index contributed by atoms with van der Waals surface area (Å²) in [4.78, 5) is 4.29. The lowest BCUT2D eigenvalue weighted by Crippen LogP contribution is -2.44. The molecule has 2 aliphatic heterocycles. The van der Waals surface area contributed by atoms with E-state index in [9.17, 15) is 16.8 Å². The van der Waals surface area contributed by atoms with Crippen LogP contribution in [0.15, 0.2) is 4.99 Å². The Morgan fingerprint density at radius 1 is 1.32 bits per heavy atom. The zero-order chi connectivity index (χ0) is 17.6. The number of rotatable bonds is 6. The fraction of sp³-hybridized carbons (Fsp3) is 0.923. The van der Waals surface area contributed by atoms with E-state index in [-0.39, 0.29) is 53.8 Å². The molecule has 2 rings (SSSR count). The van der Waals surface area contributed by atoms with Crippen LogP contribution in [0.2, 0.25) is 0 Å². The summed E-state index contributed by atoms with van der Waals surface area (Å²) in [5.74, 6) is 2.40. The highest BCUT2D eigenvalue weighted by atomic mass is 127. The summed E-state index contributed by atoms with van der Waals surface area (Å²) in [5.41, 5.74) is 0. The molecule has 148 valence electrons. The van der Waals surface area contributed by atoms with E-state index < -0.39 is 19.9 Å². The molecule has 8 nitrogen and oxygen atoms in total. The molecule has 2 heterocycles. The van der Waals surface area contributed by atoms with E-state index >= 15 is 0 Å². The van der Waals surface area contributed by atoms with Crippen molar-refractivity contribution in [1.29, 1.82) is 0 Å². The van der Waals surface area contributed by atoms with Gasteiger partial charge in [-0.05, 0) is 13.3 Å². The van der Waals surface area contributed by atoms with Gasteiger partial charge in [0.25, 0.3) is 0 Å². The van der Waals surface area contributed by atoms with Crippen molar-refractivity contribution in [2.24, 2.45) is 4.99 Å². The van der Waals surface area contributed by atoms with Gasteiger partial charge >= 0.3 is 0 Å². The summed E-state index contributed by atoms with van der Waals surface area (Å²) < 4.78 is 49.1. The summed E-state index contributed by atoms with van der Waals surface area (Å²) in [5, 5.41) is 6.12. The van der Waals surface area contributed by atoms with Gasteiger partial charge in [0.2, 0.25) is 10.0 Å². The van der Waals surface area contributed by atoms with E-state index in [1.807, 2.05) is 6.92 Å². The molecule has 2 aliphatic rings. The predicted octanol–water partition coefficient (Wildman–Crippen LogP) is -0.275. The first-order chi connectivity index (χ1) is 11.3. The minimum Gasteiger partial charge on any atom is -0.357 e. The molecule has 0 aromatic rings. The third kappa shape index (κ3) is 7.77.